The molecule has 0 amide bonds. The molecule has 0 aliphatic heterocycles. The molecule has 0 bridgehead atoms. The first-order valence-electron chi connectivity index (χ1n) is 7.75. The van der Waals surface area contributed by atoms with Crippen LogP contribution in [0.1, 0.15) is 5.56 Å². The van der Waals surface area contributed by atoms with E-state index >= 15 is 0 Å². The Morgan fingerprint density at radius 1 is 0.486 bits per heavy atom. The summed E-state index contributed by atoms with van der Waals surface area (Å²) in [7, 11) is -5.26. The molecule has 3 nitrogen and oxygen atoms in total. The van der Waals surface area contributed by atoms with Crippen molar-refractivity contribution in [1.82, 2.24) is 0 Å². The van der Waals surface area contributed by atoms with Gasteiger partial charge in [0, 0.05) is 5.56 Å². The second kappa shape index (κ2) is 7.97. The lowest BCUT2D eigenvalue weighted by Gasteiger charge is -2.42. The molecule has 0 atom stereocenters. The van der Waals surface area contributed by atoms with Crippen molar-refractivity contribution in [2.45, 2.75) is 52.5 Å². The lowest BCUT2D eigenvalue weighted by Crippen LogP contribution is -2.74. The number of benzene rings is 1. The molecule has 1 aromatic carbocycles. The predicted molar refractivity (Wildman–Crippen MR) is 75.9 cm³/mol. The van der Waals surface area contributed by atoms with E-state index in [-0.39, 0.29) is 12.1 Å². The van der Waals surface area contributed by atoms with E-state index in [1.54, 1.807) is 0 Å². The minimum absolute atomic E-state index is 0.225. The van der Waals surface area contributed by atoms with Gasteiger partial charge in [-0.3, -0.25) is 4.55 Å². The largest absolute Gasteiger partial charge is 0.460 e. The van der Waals surface area contributed by atoms with Crippen LogP contribution in [0.25, 0.3) is 0 Å². The van der Waals surface area contributed by atoms with E-state index in [4.69, 9.17) is 4.55 Å². The number of halogens is 17. The molecule has 0 saturated heterocycles. The van der Waals surface area contributed by atoms with Gasteiger partial charge in [0.2, 0.25) is 0 Å². The fourth-order valence-electron chi connectivity index (χ4n) is 2.18. The molecule has 21 heteroatoms. The Hall–Kier alpha value is -2.06. The Morgan fingerprint density at radius 2 is 0.771 bits per heavy atom. The first kappa shape index (κ1) is 31.0. The molecule has 1 N–H and O–H groups in total. The summed E-state index contributed by atoms with van der Waals surface area (Å²) in [6.07, 6.45) is -7.84. The lowest BCUT2D eigenvalue weighted by atomic mass is 9.87. The average Bonchev–Trinajstić information content (AvgIpc) is 2.65. The summed E-state index contributed by atoms with van der Waals surface area (Å²) in [4.78, 5) is -1.39. The van der Waals surface area contributed by atoms with Crippen molar-refractivity contribution in [3.8, 4) is 0 Å². The Labute approximate surface area is 181 Å². The summed E-state index contributed by atoms with van der Waals surface area (Å²) in [5.74, 6) is -57.5. The van der Waals surface area contributed by atoms with Gasteiger partial charge in [-0.25, -0.2) is 0 Å². The Kier molecular flexibility index (Phi) is 7.05. The van der Waals surface area contributed by atoms with Crippen molar-refractivity contribution in [3.63, 3.8) is 0 Å². The zero-order valence-electron chi connectivity index (χ0n) is 15.4. The van der Waals surface area contributed by atoms with Gasteiger partial charge in [-0.05, 0) is 12.1 Å². The maximum Gasteiger partial charge on any atom is 0.460 e. The van der Waals surface area contributed by atoms with Gasteiger partial charge in [0.25, 0.3) is 10.1 Å². The van der Waals surface area contributed by atoms with E-state index in [0.29, 0.717) is 0 Å². The molecular weight excluding hydrogens is 571 g/mol. The van der Waals surface area contributed by atoms with E-state index in [0.717, 1.165) is 0 Å². The zero-order chi connectivity index (χ0) is 28.5. The van der Waals surface area contributed by atoms with E-state index in [9.17, 15) is 83.1 Å². The normalized spacial score (nSPS) is 15.9. The fourth-order valence-corrected chi connectivity index (χ4v) is 2.66. The molecule has 0 fully saturated rings. The predicted octanol–water partition coefficient (Wildman–Crippen LogP) is 6.40. The smallest absolute Gasteiger partial charge is 0.282 e. The van der Waals surface area contributed by atoms with Crippen LogP contribution in [0.2, 0.25) is 0 Å². The second-order valence-electron chi connectivity index (χ2n) is 6.52. The van der Waals surface area contributed by atoms with Crippen LogP contribution < -0.4 is 0 Å². The van der Waals surface area contributed by atoms with Crippen LogP contribution in [0.3, 0.4) is 0 Å². The summed E-state index contributed by atoms with van der Waals surface area (Å²) in [5.41, 5.74) is -2.60. The van der Waals surface area contributed by atoms with Crippen molar-refractivity contribution in [1.29, 1.82) is 0 Å². The summed E-state index contributed by atoms with van der Waals surface area (Å²) in [6.45, 7) is 0. The highest BCUT2D eigenvalue weighted by Crippen LogP contribution is 2.65. The lowest BCUT2D eigenvalue weighted by molar-refractivity contribution is -0.462. The zero-order valence-corrected chi connectivity index (χ0v) is 16.2. The van der Waals surface area contributed by atoms with Gasteiger partial charge in [-0.2, -0.15) is 83.1 Å². The number of alkyl halides is 17. The molecule has 0 aliphatic rings. The Balaban J connectivity index is 3.72. The highest BCUT2D eigenvalue weighted by atomic mass is 32.2. The van der Waals surface area contributed by atoms with Crippen LogP contribution in [0.5, 0.6) is 0 Å². The quantitative estimate of drug-likeness (QED) is 0.288. The molecule has 35 heavy (non-hydrogen) atoms. The van der Waals surface area contributed by atoms with E-state index in [2.05, 4.69) is 0 Å². The van der Waals surface area contributed by atoms with Gasteiger partial charge in [0.1, 0.15) is 0 Å². The third-order valence-corrected chi connectivity index (χ3v) is 5.10. The van der Waals surface area contributed by atoms with E-state index in [1.807, 2.05) is 0 Å². The van der Waals surface area contributed by atoms with Crippen molar-refractivity contribution in [2.24, 2.45) is 0 Å². The second-order valence-corrected chi connectivity index (χ2v) is 7.94. The SMILES string of the molecule is O=S(=O)(O)c1ccc(C(F)(F)C(F)(F)C(F)(F)C(F)(F)C(F)(F)C(F)(F)C(F)(F)C(F)(F)F)cc1. The summed E-state index contributed by atoms with van der Waals surface area (Å²) in [5, 5.41) is 0. The molecule has 0 aliphatic carbocycles. The van der Waals surface area contributed by atoms with E-state index < -0.39 is 80.3 Å². The standard InChI is InChI=1S/C14H5F17O3S/c15-7(16,5-1-3-6(4-2-5)35(32,33)34)8(17,18)9(19,20)10(21,22)11(23,24)12(25,26)13(27,28)14(29,30)31/h1-4H,(H,32,33,34). The molecule has 1 rings (SSSR count). The highest BCUT2D eigenvalue weighted by molar-refractivity contribution is 7.85. The number of hydrogen-bond acceptors (Lipinski definition) is 2. The van der Waals surface area contributed by atoms with Gasteiger partial charge in [-0.15, -0.1) is 0 Å². The molecule has 204 valence electrons. The maximum atomic E-state index is 14.0. The first-order chi connectivity index (χ1) is 15.0. The number of hydrogen-bond donors (Lipinski definition) is 1. The molecule has 0 saturated carbocycles. The molecule has 0 unspecified atom stereocenters. The van der Waals surface area contributed by atoms with Gasteiger partial charge in [0.15, 0.2) is 0 Å². The molecule has 0 aromatic heterocycles. The van der Waals surface area contributed by atoms with Gasteiger partial charge in [-0.1, -0.05) is 12.1 Å². The van der Waals surface area contributed by atoms with Gasteiger partial charge in [0.05, 0.1) is 4.90 Å². The monoisotopic (exact) mass is 576 g/mol. The minimum atomic E-state index is -8.74. The maximum absolute atomic E-state index is 14.0. The van der Waals surface area contributed by atoms with Crippen LogP contribution in [0, 0.1) is 0 Å². The van der Waals surface area contributed by atoms with Gasteiger partial charge >= 0.3 is 47.6 Å². The molecular formula is C14H5F17O3S. The molecule has 0 heterocycles. The Morgan fingerprint density at radius 3 is 1.06 bits per heavy atom. The number of rotatable bonds is 8. The topological polar surface area (TPSA) is 54.4 Å². The third kappa shape index (κ3) is 4.16. The average molecular weight is 576 g/mol. The van der Waals surface area contributed by atoms with Crippen molar-refractivity contribution >= 4 is 10.1 Å². The summed E-state index contributed by atoms with van der Waals surface area (Å²) < 4.78 is 254. The summed E-state index contributed by atoms with van der Waals surface area (Å²) >= 11 is 0. The van der Waals surface area contributed by atoms with Crippen molar-refractivity contribution < 1.29 is 87.6 Å². The minimum Gasteiger partial charge on any atom is -0.282 e. The van der Waals surface area contributed by atoms with Crippen molar-refractivity contribution in [3.05, 3.63) is 29.8 Å². The van der Waals surface area contributed by atoms with Crippen LogP contribution >= 0.6 is 0 Å². The molecule has 1 aromatic rings. The first-order valence-corrected chi connectivity index (χ1v) is 9.19. The van der Waals surface area contributed by atoms with Crippen LogP contribution in [0.4, 0.5) is 74.6 Å². The molecule has 0 spiro atoms. The van der Waals surface area contributed by atoms with E-state index in [1.165, 1.54) is 0 Å². The fraction of sp³-hybridized carbons (Fsp3) is 0.571. The summed E-state index contributed by atoms with van der Waals surface area (Å²) in [6, 6.07) is -1.57. The highest BCUT2D eigenvalue weighted by Gasteiger charge is 2.95. The van der Waals surface area contributed by atoms with Crippen molar-refractivity contribution in [2.75, 3.05) is 0 Å². The van der Waals surface area contributed by atoms with Crippen LogP contribution in [-0.2, 0) is 16.0 Å². The Bertz CT molecular complexity index is 1040. The van der Waals surface area contributed by atoms with Crippen LogP contribution in [0.15, 0.2) is 29.2 Å². The van der Waals surface area contributed by atoms with Crippen LogP contribution in [-0.4, -0.2) is 54.7 Å². The molecule has 0 radical (unpaired) electrons. The third-order valence-electron chi connectivity index (χ3n) is 4.24. The van der Waals surface area contributed by atoms with Gasteiger partial charge < -0.3 is 0 Å².